The normalized spacial score (nSPS) is 12.3. The summed E-state index contributed by atoms with van der Waals surface area (Å²) in [5, 5.41) is 15.0. The molecule has 2 aromatic carbocycles. The molecule has 1 atom stereocenters. The lowest BCUT2D eigenvalue weighted by molar-refractivity contribution is -0.384. The number of benzene rings is 2. The van der Waals surface area contributed by atoms with Crippen LogP contribution in [0, 0.1) is 17.0 Å². The molecule has 134 valence electrons. The van der Waals surface area contributed by atoms with Crippen LogP contribution in [0.2, 0.25) is 0 Å². The molecule has 0 aliphatic rings. The van der Waals surface area contributed by atoms with Gasteiger partial charge in [0.15, 0.2) is 5.82 Å². The fourth-order valence-corrected chi connectivity index (χ4v) is 2.64. The number of nitrogens with zero attached hydrogens (tertiary/aromatic N) is 4. The van der Waals surface area contributed by atoms with E-state index in [2.05, 4.69) is 10.1 Å². The third kappa shape index (κ3) is 3.94. The van der Waals surface area contributed by atoms with Gasteiger partial charge in [0.25, 0.3) is 11.6 Å². The average Bonchev–Trinajstić information content (AvgIpc) is 3.10. The van der Waals surface area contributed by atoms with Gasteiger partial charge in [0.05, 0.1) is 11.5 Å². The molecule has 0 saturated carbocycles. The smallest absolute Gasteiger partial charge is 0.269 e. The zero-order chi connectivity index (χ0) is 18.7. The summed E-state index contributed by atoms with van der Waals surface area (Å²) in [6, 6.07) is 14.5. The summed E-state index contributed by atoms with van der Waals surface area (Å²) in [5.41, 5.74) is 3.00. The van der Waals surface area contributed by atoms with Crippen LogP contribution in [0.4, 0.5) is 5.69 Å². The topological polar surface area (TPSA) is 85.3 Å². The number of hydrogen-bond donors (Lipinski definition) is 0. The quantitative estimate of drug-likeness (QED) is 0.489. The largest absolute Gasteiger partial charge is 0.334 e. The lowest BCUT2D eigenvalue weighted by Gasteiger charge is -2.23. The summed E-state index contributed by atoms with van der Waals surface area (Å²) >= 11 is 0. The first-order chi connectivity index (χ1) is 12.4. The van der Waals surface area contributed by atoms with Gasteiger partial charge >= 0.3 is 0 Å². The molecule has 1 aromatic heterocycles. The standard InChI is InChI=1S/C19H20N4O3/c1-13-7-9-15(10-8-13)19-20-18(21-26-19)12-22(3)14(2)16-5-4-6-17(11-16)23(24)25/h4-11,14H,12H2,1-3H3. The van der Waals surface area contributed by atoms with Crippen LogP contribution in [0.5, 0.6) is 0 Å². The van der Waals surface area contributed by atoms with Crippen molar-refractivity contribution in [2.75, 3.05) is 7.05 Å². The molecule has 26 heavy (non-hydrogen) atoms. The van der Waals surface area contributed by atoms with Gasteiger partial charge < -0.3 is 4.52 Å². The molecule has 0 N–H and O–H groups in total. The second kappa shape index (κ2) is 7.45. The molecule has 7 nitrogen and oxygen atoms in total. The molecular formula is C19H20N4O3. The average molecular weight is 352 g/mol. The number of aromatic nitrogens is 2. The highest BCUT2D eigenvalue weighted by Gasteiger charge is 2.18. The van der Waals surface area contributed by atoms with E-state index in [-0.39, 0.29) is 16.7 Å². The van der Waals surface area contributed by atoms with E-state index < -0.39 is 0 Å². The van der Waals surface area contributed by atoms with E-state index in [0.717, 1.165) is 11.1 Å². The van der Waals surface area contributed by atoms with Crippen LogP contribution in [0.1, 0.15) is 29.9 Å². The minimum Gasteiger partial charge on any atom is -0.334 e. The van der Waals surface area contributed by atoms with Crippen molar-refractivity contribution in [3.8, 4) is 11.5 Å². The first-order valence-corrected chi connectivity index (χ1v) is 8.28. The van der Waals surface area contributed by atoms with Gasteiger partial charge in [-0.3, -0.25) is 15.0 Å². The Hall–Kier alpha value is -3.06. The Morgan fingerprint density at radius 1 is 1.23 bits per heavy atom. The van der Waals surface area contributed by atoms with Gasteiger partial charge in [0, 0.05) is 23.7 Å². The summed E-state index contributed by atoms with van der Waals surface area (Å²) in [6.45, 7) is 4.48. The molecule has 1 unspecified atom stereocenters. The van der Waals surface area contributed by atoms with E-state index in [0.29, 0.717) is 18.3 Å². The number of rotatable bonds is 6. The van der Waals surface area contributed by atoms with Gasteiger partial charge in [0.1, 0.15) is 0 Å². The molecule has 3 aromatic rings. The minimum absolute atomic E-state index is 0.0313. The zero-order valence-corrected chi connectivity index (χ0v) is 14.9. The van der Waals surface area contributed by atoms with Crippen LogP contribution in [0.25, 0.3) is 11.5 Å². The van der Waals surface area contributed by atoms with Crippen molar-refractivity contribution >= 4 is 5.69 Å². The molecule has 0 bridgehead atoms. The van der Waals surface area contributed by atoms with E-state index in [1.807, 2.05) is 56.1 Å². The molecule has 0 fully saturated rings. The summed E-state index contributed by atoms with van der Waals surface area (Å²) in [6.07, 6.45) is 0. The number of hydrogen-bond acceptors (Lipinski definition) is 6. The SMILES string of the molecule is Cc1ccc(-c2nc(CN(C)C(C)c3cccc([N+](=O)[O-])c3)no2)cc1. The third-order valence-corrected chi connectivity index (χ3v) is 4.38. The van der Waals surface area contributed by atoms with E-state index in [9.17, 15) is 10.1 Å². The highest BCUT2D eigenvalue weighted by Crippen LogP contribution is 2.24. The Bertz CT molecular complexity index is 905. The van der Waals surface area contributed by atoms with Crippen molar-refractivity contribution in [1.82, 2.24) is 15.0 Å². The second-order valence-corrected chi connectivity index (χ2v) is 6.32. The molecule has 0 saturated heterocycles. The Kier molecular flexibility index (Phi) is 5.09. The number of aryl methyl sites for hydroxylation is 1. The van der Waals surface area contributed by atoms with Crippen molar-refractivity contribution in [3.05, 3.63) is 75.6 Å². The van der Waals surface area contributed by atoms with Crippen molar-refractivity contribution < 1.29 is 9.45 Å². The molecule has 0 radical (unpaired) electrons. The number of nitro groups is 1. The molecule has 0 aliphatic heterocycles. The summed E-state index contributed by atoms with van der Waals surface area (Å²) in [4.78, 5) is 17.0. The van der Waals surface area contributed by atoms with Crippen LogP contribution in [-0.2, 0) is 6.54 Å². The third-order valence-electron chi connectivity index (χ3n) is 4.38. The molecule has 0 spiro atoms. The van der Waals surface area contributed by atoms with Crippen molar-refractivity contribution in [2.45, 2.75) is 26.4 Å². The second-order valence-electron chi connectivity index (χ2n) is 6.32. The maximum Gasteiger partial charge on any atom is 0.269 e. The molecule has 7 heteroatoms. The highest BCUT2D eigenvalue weighted by molar-refractivity contribution is 5.53. The van der Waals surface area contributed by atoms with Crippen LogP contribution < -0.4 is 0 Å². The minimum atomic E-state index is -0.386. The lowest BCUT2D eigenvalue weighted by atomic mass is 10.1. The van der Waals surface area contributed by atoms with E-state index in [1.165, 1.54) is 11.6 Å². The van der Waals surface area contributed by atoms with Gasteiger partial charge in [-0.25, -0.2) is 0 Å². The first kappa shape index (κ1) is 17.8. The lowest BCUT2D eigenvalue weighted by Crippen LogP contribution is -2.22. The maximum absolute atomic E-state index is 11.0. The predicted molar refractivity (Wildman–Crippen MR) is 97.4 cm³/mol. The maximum atomic E-state index is 11.0. The van der Waals surface area contributed by atoms with Crippen LogP contribution >= 0.6 is 0 Å². The van der Waals surface area contributed by atoms with Crippen LogP contribution in [0.3, 0.4) is 0 Å². The zero-order valence-electron chi connectivity index (χ0n) is 14.9. The number of non-ortho nitro benzene ring substituents is 1. The van der Waals surface area contributed by atoms with Crippen molar-refractivity contribution in [3.63, 3.8) is 0 Å². The Morgan fingerprint density at radius 2 is 1.96 bits per heavy atom. The first-order valence-electron chi connectivity index (χ1n) is 8.28. The van der Waals surface area contributed by atoms with Gasteiger partial charge in [-0.1, -0.05) is 35.0 Å². The molecule has 0 amide bonds. The van der Waals surface area contributed by atoms with Crippen molar-refractivity contribution in [1.29, 1.82) is 0 Å². The van der Waals surface area contributed by atoms with Crippen molar-refractivity contribution in [2.24, 2.45) is 0 Å². The number of nitro benzene ring substituents is 1. The summed E-state index contributed by atoms with van der Waals surface area (Å²) in [5.74, 6) is 1.05. The molecular weight excluding hydrogens is 332 g/mol. The highest BCUT2D eigenvalue weighted by atomic mass is 16.6. The van der Waals surface area contributed by atoms with Crippen LogP contribution in [-0.4, -0.2) is 27.0 Å². The van der Waals surface area contributed by atoms with Gasteiger partial charge in [-0.15, -0.1) is 0 Å². The van der Waals surface area contributed by atoms with Gasteiger partial charge in [-0.2, -0.15) is 4.98 Å². The summed E-state index contributed by atoms with van der Waals surface area (Å²) in [7, 11) is 1.92. The Morgan fingerprint density at radius 3 is 2.65 bits per heavy atom. The Labute approximate surface area is 151 Å². The summed E-state index contributed by atoms with van der Waals surface area (Å²) < 4.78 is 5.35. The van der Waals surface area contributed by atoms with Gasteiger partial charge in [-0.05, 0) is 38.6 Å². The van der Waals surface area contributed by atoms with E-state index in [1.54, 1.807) is 12.1 Å². The Balaban J connectivity index is 1.71. The molecule has 0 aliphatic carbocycles. The predicted octanol–water partition coefficient (Wildman–Crippen LogP) is 4.15. The monoisotopic (exact) mass is 352 g/mol. The fraction of sp³-hybridized carbons (Fsp3) is 0.263. The molecule has 3 rings (SSSR count). The van der Waals surface area contributed by atoms with E-state index in [4.69, 9.17) is 4.52 Å². The fourth-order valence-electron chi connectivity index (χ4n) is 2.64. The van der Waals surface area contributed by atoms with E-state index >= 15 is 0 Å². The van der Waals surface area contributed by atoms with Gasteiger partial charge in [0.2, 0.25) is 0 Å². The molecule has 1 heterocycles. The van der Waals surface area contributed by atoms with Crippen LogP contribution in [0.15, 0.2) is 53.1 Å².